The van der Waals surface area contributed by atoms with Crippen molar-refractivity contribution < 1.29 is 33.3 Å². The second kappa shape index (κ2) is 12.1. The van der Waals surface area contributed by atoms with Gasteiger partial charge in [0, 0.05) is 17.5 Å². The van der Waals surface area contributed by atoms with Gasteiger partial charge < -0.3 is 33.3 Å². The van der Waals surface area contributed by atoms with Crippen LogP contribution in [0, 0.1) is 0 Å². The number of hydrogen-bond acceptors (Lipinski definition) is 9. The van der Waals surface area contributed by atoms with Crippen LogP contribution in [-0.4, -0.2) is 31.0 Å². The van der Waals surface area contributed by atoms with E-state index in [4.69, 9.17) is 23.0 Å². The third-order valence-corrected chi connectivity index (χ3v) is 5.91. The van der Waals surface area contributed by atoms with Gasteiger partial charge in [-0.3, -0.25) is 4.79 Å². The van der Waals surface area contributed by atoms with Crippen LogP contribution in [-0.2, 0) is 0 Å². The Morgan fingerprint density at radius 3 is 2.33 bits per heavy atom. The first-order chi connectivity index (χ1) is 19.2. The Balaban J connectivity index is 0.000000189. The van der Waals surface area contributed by atoms with Gasteiger partial charge in [0.15, 0.2) is 22.8 Å². The predicted molar refractivity (Wildman–Crippen MR) is 152 cm³/mol. The van der Waals surface area contributed by atoms with Crippen LogP contribution in [0.25, 0.3) is 33.1 Å². The normalized spacial score (nSPS) is 10.5. The van der Waals surface area contributed by atoms with Crippen LogP contribution < -0.4 is 25.3 Å². The number of methoxy groups -OCH3 is 2. The fourth-order valence-corrected chi connectivity index (χ4v) is 3.83. The van der Waals surface area contributed by atoms with E-state index in [1.807, 2.05) is 19.9 Å². The van der Waals surface area contributed by atoms with Crippen molar-refractivity contribution in [3.63, 3.8) is 0 Å². The van der Waals surface area contributed by atoms with E-state index in [9.17, 15) is 19.8 Å². The lowest BCUT2D eigenvalue weighted by molar-refractivity contribution is 0.335. The summed E-state index contributed by atoms with van der Waals surface area (Å²) in [5.41, 5.74) is 2.29. The molecule has 0 saturated carbocycles. The maximum Gasteiger partial charge on any atom is 0.336 e. The number of rotatable bonds is 6. The minimum Gasteiger partial charge on any atom is -0.504 e. The van der Waals surface area contributed by atoms with E-state index in [1.54, 1.807) is 37.4 Å². The zero-order valence-electron chi connectivity index (χ0n) is 22.4. The molecule has 5 aromatic rings. The summed E-state index contributed by atoms with van der Waals surface area (Å²) in [6.45, 7) is 4.28. The van der Waals surface area contributed by atoms with Crippen molar-refractivity contribution in [1.29, 1.82) is 0 Å². The summed E-state index contributed by atoms with van der Waals surface area (Å²) in [5.74, 6) is 1.11. The molecule has 0 spiro atoms. The molecular formula is C31H28O9. The smallest absolute Gasteiger partial charge is 0.336 e. The zero-order valence-corrected chi connectivity index (χ0v) is 22.4. The maximum absolute atomic E-state index is 12.6. The van der Waals surface area contributed by atoms with Gasteiger partial charge in [0.05, 0.1) is 25.2 Å². The quantitative estimate of drug-likeness (QED) is 0.195. The lowest BCUT2D eigenvalue weighted by Crippen LogP contribution is -2.05. The molecule has 5 rings (SSSR count). The Hall–Kier alpha value is -5.18. The summed E-state index contributed by atoms with van der Waals surface area (Å²) in [5, 5.41) is 20.5. The molecule has 0 amide bonds. The van der Waals surface area contributed by atoms with Crippen molar-refractivity contribution in [2.24, 2.45) is 0 Å². The van der Waals surface area contributed by atoms with E-state index >= 15 is 0 Å². The third kappa shape index (κ3) is 6.10. The van der Waals surface area contributed by atoms with Crippen molar-refractivity contribution in [2.75, 3.05) is 20.8 Å². The Bertz CT molecular complexity index is 1790. The van der Waals surface area contributed by atoms with Gasteiger partial charge in [-0.1, -0.05) is 17.7 Å². The van der Waals surface area contributed by atoms with Crippen LogP contribution in [0.15, 0.2) is 97.0 Å². The molecule has 0 aliphatic heterocycles. The number of aromatic hydroxyl groups is 2. The van der Waals surface area contributed by atoms with E-state index in [-0.39, 0.29) is 28.3 Å². The molecule has 2 heterocycles. The predicted octanol–water partition coefficient (Wildman–Crippen LogP) is 6.03. The number of fused-ring (bicyclic) bond motifs is 2. The zero-order chi connectivity index (χ0) is 28.8. The average molecular weight is 545 g/mol. The van der Waals surface area contributed by atoms with Gasteiger partial charge >= 0.3 is 5.63 Å². The summed E-state index contributed by atoms with van der Waals surface area (Å²) in [4.78, 5) is 23.7. The standard InChI is InChI=1S/C17H14O5.C14H14O4/c1-20-11-5-3-10(4-6-11)13-9-22-16-12(15(13)19)7-8-14(18)17(16)21-2;1-9(2)5-6-17-13-8-12-10(7-11(13)15)3-4-14(16)18-12/h3-9,18H,1-2H3;3-5,7-8,15H,6H2,1-2H3. The molecule has 0 saturated heterocycles. The number of phenolic OH excluding ortho intramolecular Hbond substituents is 2. The monoisotopic (exact) mass is 544 g/mol. The topological polar surface area (TPSA) is 129 Å². The van der Waals surface area contributed by atoms with Crippen molar-refractivity contribution >= 4 is 21.9 Å². The first kappa shape index (κ1) is 27.8. The summed E-state index contributed by atoms with van der Waals surface area (Å²) in [7, 11) is 2.99. The Morgan fingerprint density at radius 2 is 1.65 bits per heavy atom. The minimum atomic E-state index is -0.427. The highest BCUT2D eigenvalue weighted by Crippen LogP contribution is 2.34. The third-order valence-electron chi connectivity index (χ3n) is 5.91. The number of ether oxygens (including phenoxy) is 3. The second-order valence-electron chi connectivity index (χ2n) is 8.91. The molecule has 0 atom stereocenters. The lowest BCUT2D eigenvalue weighted by Gasteiger charge is -2.08. The van der Waals surface area contributed by atoms with Gasteiger partial charge in [-0.05, 0) is 61.9 Å². The van der Waals surface area contributed by atoms with E-state index in [0.29, 0.717) is 40.0 Å². The number of phenols is 2. The molecule has 0 aliphatic rings. The maximum atomic E-state index is 12.6. The summed E-state index contributed by atoms with van der Waals surface area (Å²) in [6, 6.07) is 16.0. The summed E-state index contributed by atoms with van der Waals surface area (Å²) >= 11 is 0. The first-order valence-corrected chi connectivity index (χ1v) is 12.2. The molecule has 0 aliphatic carbocycles. The molecule has 0 fully saturated rings. The van der Waals surface area contributed by atoms with Crippen LogP contribution in [0.4, 0.5) is 0 Å². The largest absolute Gasteiger partial charge is 0.504 e. The molecule has 9 heteroatoms. The molecule has 3 aromatic carbocycles. The SMILES string of the molecule is CC(C)=CCOc1cc2oc(=O)ccc2cc1O.COc1ccc(-c2coc3c(OC)c(O)ccc3c2=O)cc1. The van der Waals surface area contributed by atoms with Crippen molar-refractivity contribution in [3.8, 4) is 39.9 Å². The molecule has 9 nitrogen and oxygen atoms in total. The highest BCUT2D eigenvalue weighted by atomic mass is 16.5. The van der Waals surface area contributed by atoms with E-state index < -0.39 is 5.63 Å². The molecule has 0 bridgehead atoms. The van der Waals surface area contributed by atoms with E-state index in [0.717, 1.165) is 11.1 Å². The number of allylic oxidation sites excluding steroid dienone is 1. The van der Waals surface area contributed by atoms with Gasteiger partial charge in [-0.25, -0.2) is 4.79 Å². The molecule has 206 valence electrons. The fraction of sp³-hybridized carbons (Fsp3) is 0.161. The van der Waals surface area contributed by atoms with Gasteiger partial charge in [0.2, 0.25) is 11.2 Å². The van der Waals surface area contributed by atoms with Crippen molar-refractivity contribution in [2.45, 2.75) is 13.8 Å². The molecule has 2 N–H and O–H groups in total. The summed E-state index contributed by atoms with van der Waals surface area (Å²) < 4.78 is 26.1. The van der Waals surface area contributed by atoms with Gasteiger partial charge in [-0.15, -0.1) is 0 Å². The first-order valence-electron chi connectivity index (χ1n) is 12.2. The fourth-order valence-electron chi connectivity index (χ4n) is 3.83. The Morgan fingerprint density at radius 1 is 0.900 bits per heavy atom. The van der Waals surface area contributed by atoms with Crippen molar-refractivity contribution in [3.05, 3.63) is 99.2 Å². The highest BCUT2D eigenvalue weighted by Gasteiger charge is 2.15. The van der Waals surface area contributed by atoms with Crippen LogP contribution in [0.1, 0.15) is 13.8 Å². The number of hydrogen-bond donors (Lipinski definition) is 2. The van der Waals surface area contributed by atoms with Gasteiger partial charge in [0.25, 0.3) is 0 Å². The molecular weight excluding hydrogens is 516 g/mol. The average Bonchev–Trinajstić information content (AvgIpc) is 2.94. The van der Waals surface area contributed by atoms with Crippen LogP contribution in [0.3, 0.4) is 0 Å². The Kier molecular flexibility index (Phi) is 8.44. The van der Waals surface area contributed by atoms with Crippen molar-refractivity contribution in [1.82, 2.24) is 0 Å². The molecule has 40 heavy (non-hydrogen) atoms. The van der Waals surface area contributed by atoms with Crippen LogP contribution >= 0.6 is 0 Å². The number of benzene rings is 3. The van der Waals surface area contributed by atoms with E-state index in [1.165, 1.54) is 43.7 Å². The molecule has 0 radical (unpaired) electrons. The Labute approximate surface area is 229 Å². The second-order valence-corrected chi connectivity index (χ2v) is 8.91. The minimum absolute atomic E-state index is 0.0264. The highest BCUT2D eigenvalue weighted by molar-refractivity contribution is 5.88. The van der Waals surface area contributed by atoms with Gasteiger partial charge in [-0.2, -0.15) is 0 Å². The molecule has 0 unspecified atom stereocenters. The van der Waals surface area contributed by atoms with E-state index in [2.05, 4.69) is 0 Å². The van der Waals surface area contributed by atoms with Gasteiger partial charge in [0.1, 0.15) is 24.2 Å². The molecule has 2 aromatic heterocycles. The van der Waals surface area contributed by atoms with Crippen LogP contribution in [0.5, 0.6) is 28.7 Å². The lowest BCUT2D eigenvalue weighted by atomic mass is 10.1. The summed E-state index contributed by atoms with van der Waals surface area (Å²) in [6.07, 6.45) is 3.26. The van der Waals surface area contributed by atoms with Crippen LogP contribution in [0.2, 0.25) is 0 Å².